The number of benzene rings is 1. The number of aromatic nitrogens is 6. The highest BCUT2D eigenvalue weighted by molar-refractivity contribution is 7.49. The number of aliphatic hydroxyl groups is 1. The summed E-state index contributed by atoms with van der Waals surface area (Å²) in [7, 11) is -4.87. The summed E-state index contributed by atoms with van der Waals surface area (Å²) in [6, 6.07) is 5.97. The van der Waals surface area contributed by atoms with Crippen molar-refractivity contribution < 1.29 is 52.2 Å². The van der Waals surface area contributed by atoms with Crippen molar-refractivity contribution in [2.24, 2.45) is 17.8 Å². The van der Waals surface area contributed by atoms with Crippen LogP contribution in [-0.4, -0.2) is 88.5 Å². The molecule has 0 spiro atoms. The molecule has 5 heterocycles. The van der Waals surface area contributed by atoms with E-state index in [0.29, 0.717) is 0 Å². The van der Waals surface area contributed by atoms with Gasteiger partial charge in [-0.25, -0.2) is 14.3 Å². The number of carbonyl (C=O) groups is 3. The van der Waals surface area contributed by atoms with Gasteiger partial charge in [-0.1, -0.05) is 37.6 Å². The first-order valence-electron chi connectivity index (χ1n) is 18.1. The molecule has 0 aliphatic carbocycles. The summed E-state index contributed by atoms with van der Waals surface area (Å²) in [5.74, 6) is -5.18. The third-order valence-electron chi connectivity index (χ3n) is 9.66. The van der Waals surface area contributed by atoms with Gasteiger partial charge in [0.2, 0.25) is 11.9 Å². The number of aliphatic carboxylic acids is 1. The normalized spacial score (nSPS) is 23.5. The largest absolute Gasteiger partial charge is 0.530 e. The zero-order chi connectivity index (χ0) is 42.1. The van der Waals surface area contributed by atoms with Gasteiger partial charge in [-0.2, -0.15) is 4.98 Å². The molecule has 5 N–H and O–H groups in total. The predicted octanol–water partition coefficient (Wildman–Crippen LogP) is 2.68. The number of phosphoric ester groups is 1. The van der Waals surface area contributed by atoms with Gasteiger partial charge in [0.05, 0.1) is 36.6 Å². The van der Waals surface area contributed by atoms with Crippen molar-refractivity contribution in [3.8, 4) is 5.75 Å². The Labute approximate surface area is 333 Å². The first kappa shape index (κ1) is 42.6. The van der Waals surface area contributed by atoms with Gasteiger partial charge in [0.15, 0.2) is 11.2 Å². The minimum absolute atomic E-state index is 0.0194. The maximum atomic E-state index is 14.7. The number of anilines is 1. The van der Waals surface area contributed by atoms with E-state index in [9.17, 15) is 43.5 Å². The number of carboxylic acids is 1. The van der Waals surface area contributed by atoms with E-state index in [4.69, 9.17) is 34.6 Å². The second-order valence-corrected chi connectivity index (χ2v) is 16.2. The molecular weight excluding hydrogens is 809 g/mol. The van der Waals surface area contributed by atoms with Gasteiger partial charge in [-0.3, -0.25) is 52.6 Å². The zero-order valence-corrected chi connectivity index (χ0v) is 33.2. The van der Waals surface area contributed by atoms with Crippen molar-refractivity contribution in [3.05, 3.63) is 78.6 Å². The summed E-state index contributed by atoms with van der Waals surface area (Å²) >= 11 is 6.35. The number of ketones is 1. The molecule has 4 unspecified atom stereocenters. The van der Waals surface area contributed by atoms with Crippen LogP contribution in [0.15, 0.2) is 51.2 Å². The van der Waals surface area contributed by atoms with Crippen LogP contribution in [0.25, 0.3) is 11.2 Å². The number of aliphatic hydroxyl groups excluding tert-OH is 1. The number of H-pyrrole nitrogens is 2. The summed E-state index contributed by atoms with van der Waals surface area (Å²) in [5.41, 5.74) is -2.00. The number of halogens is 1. The minimum Gasteiger partial charge on any atom is -0.481 e. The van der Waals surface area contributed by atoms with E-state index in [1.807, 2.05) is 0 Å². The number of carbonyl (C=O) groups excluding carboxylic acids is 2. The molecule has 2 fully saturated rings. The smallest absolute Gasteiger partial charge is 0.481 e. The van der Waals surface area contributed by atoms with E-state index in [1.165, 1.54) is 49.1 Å². The molecule has 58 heavy (non-hydrogen) atoms. The highest BCUT2D eigenvalue weighted by Gasteiger charge is 2.48. The van der Waals surface area contributed by atoms with Crippen LogP contribution < -0.4 is 26.6 Å². The second kappa shape index (κ2) is 17.5. The van der Waals surface area contributed by atoms with E-state index in [2.05, 4.69) is 25.3 Å². The number of aryl methyl sites for hydroxylation is 1. The molecule has 3 aromatic heterocycles. The molecule has 23 heteroatoms. The lowest BCUT2D eigenvalue weighted by Crippen LogP contribution is -2.34. The van der Waals surface area contributed by atoms with Crippen LogP contribution in [0.1, 0.15) is 58.1 Å². The Hall–Kier alpha value is -5.02. The quantitative estimate of drug-likeness (QED) is 0.101. The van der Waals surface area contributed by atoms with Gasteiger partial charge in [0.1, 0.15) is 36.2 Å². The van der Waals surface area contributed by atoms with Crippen LogP contribution in [-0.2, 0) is 37.5 Å². The number of para-hydroxylation sites is 1. The highest BCUT2D eigenvalue weighted by atomic mass is 35.5. The molecule has 2 aliphatic heterocycles. The van der Waals surface area contributed by atoms with Crippen LogP contribution in [0.3, 0.4) is 0 Å². The average Bonchev–Trinajstić information content (AvgIpc) is 3.89. The van der Waals surface area contributed by atoms with Crippen molar-refractivity contribution >= 4 is 54.2 Å². The van der Waals surface area contributed by atoms with E-state index < -0.39 is 110 Å². The molecule has 4 aromatic rings. The summed E-state index contributed by atoms with van der Waals surface area (Å²) < 4.78 is 47.1. The van der Waals surface area contributed by atoms with E-state index >= 15 is 0 Å². The van der Waals surface area contributed by atoms with Crippen molar-refractivity contribution in [1.82, 2.24) is 29.1 Å². The molecule has 1 aromatic carbocycles. The SMILES string of the molecule is CC(=O)C[C@@H](C(=O)O)C1CC(n2cc(C)c(=O)[nH]c2=O)OC1COP(=O)(Oc1ccccc1Cl)O[C@H]1C[C@H](n2cnc3c(=O)[nH]c(NC(=O)C(C)C)nc32)O[C@@H]1CO. The van der Waals surface area contributed by atoms with Crippen molar-refractivity contribution in [3.63, 3.8) is 0 Å². The van der Waals surface area contributed by atoms with Crippen LogP contribution in [0.5, 0.6) is 5.75 Å². The molecule has 0 radical (unpaired) electrons. The molecule has 8 atom stereocenters. The number of ether oxygens (including phenoxy) is 2. The van der Waals surface area contributed by atoms with E-state index in [1.54, 1.807) is 19.9 Å². The molecule has 1 amide bonds. The number of nitrogens with zero attached hydrogens (tertiary/aromatic N) is 4. The standard InChI is InChI=1S/C35H41ClN7O14P/c1-16(2)30(46)39-34-38-29-28(32(48)40-34)37-15-43(29)27-11-23(24(13-44)54-27)57-58(52,56-22-8-6-5-7-21(22)36)53-14-25-19(20(33(49)50)9-18(4)45)10-26(55-25)42-12-17(3)31(47)41-35(42)51/h5-8,12,15-16,19-20,23-27,44H,9-11,13-14H2,1-4H3,(H,49,50)(H,41,47,51)(H2,38,39,40,46,48)/t19?,20-,23+,24-,25?,26?,27-,58?/m1/s1. The summed E-state index contributed by atoms with van der Waals surface area (Å²) in [4.78, 5) is 87.9. The molecule has 0 bridgehead atoms. The minimum atomic E-state index is -4.87. The van der Waals surface area contributed by atoms with Gasteiger partial charge in [0.25, 0.3) is 11.1 Å². The Balaban J connectivity index is 1.30. The summed E-state index contributed by atoms with van der Waals surface area (Å²) in [6.45, 7) is 4.69. The Morgan fingerprint density at radius 2 is 1.78 bits per heavy atom. The number of hydrogen-bond acceptors (Lipinski definition) is 15. The number of rotatable bonds is 16. The lowest BCUT2D eigenvalue weighted by molar-refractivity contribution is -0.147. The third-order valence-corrected chi connectivity index (χ3v) is 11.4. The second-order valence-electron chi connectivity index (χ2n) is 14.2. The Morgan fingerprint density at radius 3 is 2.45 bits per heavy atom. The fourth-order valence-corrected chi connectivity index (χ4v) is 8.36. The fourth-order valence-electron chi connectivity index (χ4n) is 6.69. The first-order valence-corrected chi connectivity index (χ1v) is 19.9. The number of amides is 1. The van der Waals surface area contributed by atoms with Crippen LogP contribution in [0, 0.1) is 24.7 Å². The van der Waals surface area contributed by atoms with Crippen molar-refractivity contribution in [1.29, 1.82) is 0 Å². The maximum absolute atomic E-state index is 14.7. The van der Waals surface area contributed by atoms with Gasteiger partial charge in [-0.05, 0) is 32.4 Å². The number of fused-ring (bicyclic) bond motifs is 1. The van der Waals surface area contributed by atoms with Crippen LogP contribution in [0.4, 0.5) is 5.95 Å². The van der Waals surface area contributed by atoms with Gasteiger partial charge >= 0.3 is 19.5 Å². The predicted molar refractivity (Wildman–Crippen MR) is 202 cm³/mol. The number of imidazole rings is 1. The highest BCUT2D eigenvalue weighted by Crippen LogP contribution is 2.55. The number of Topliss-reactive ketones (excluding diaryl/α,β-unsaturated/α-hetero) is 1. The zero-order valence-electron chi connectivity index (χ0n) is 31.5. The summed E-state index contributed by atoms with van der Waals surface area (Å²) in [5, 5.41) is 23.1. The molecular formula is C35H41ClN7O14P. The number of phosphoric acid groups is 1. The molecule has 6 rings (SSSR count). The number of hydrogen-bond donors (Lipinski definition) is 5. The van der Waals surface area contributed by atoms with E-state index in [0.717, 1.165) is 4.57 Å². The van der Waals surface area contributed by atoms with Crippen LogP contribution >= 0.6 is 19.4 Å². The topological polar surface area (TPSA) is 285 Å². The monoisotopic (exact) mass is 849 g/mol. The molecule has 2 saturated heterocycles. The number of nitrogens with one attached hydrogen (secondary N) is 3. The van der Waals surface area contributed by atoms with E-state index in [-0.39, 0.29) is 46.3 Å². The van der Waals surface area contributed by atoms with Gasteiger partial charge < -0.3 is 29.0 Å². The lowest BCUT2D eigenvalue weighted by Gasteiger charge is -2.27. The number of aromatic amines is 2. The Bertz CT molecular complexity index is 2430. The van der Waals surface area contributed by atoms with Gasteiger partial charge in [0, 0.05) is 36.4 Å². The fraction of sp³-hybridized carbons (Fsp3) is 0.486. The van der Waals surface area contributed by atoms with Crippen molar-refractivity contribution in [2.75, 3.05) is 18.5 Å². The van der Waals surface area contributed by atoms with Crippen LogP contribution in [0.2, 0.25) is 5.02 Å². The average molecular weight is 850 g/mol. The molecule has 312 valence electrons. The maximum Gasteiger partial charge on any atom is 0.530 e. The molecule has 21 nitrogen and oxygen atoms in total. The summed E-state index contributed by atoms with van der Waals surface area (Å²) in [6.07, 6.45) is -3.93. The molecule has 0 saturated carbocycles. The van der Waals surface area contributed by atoms with Gasteiger partial charge in [-0.15, -0.1) is 0 Å². The lowest BCUT2D eigenvalue weighted by atomic mass is 9.83. The molecule has 2 aliphatic rings. The first-order chi connectivity index (χ1) is 27.5. The number of carboxylic acid groups (broad SMARTS) is 1. The van der Waals surface area contributed by atoms with Crippen molar-refractivity contribution in [2.45, 2.75) is 77.7 Å². The third kappa shape index (κ3) is 9.31. The Morgan fingerprint density at radius 1 is 1.07 bits per heavy atom. The Kier molecular flexibility index (Phi) is 12.8.